The van der Waals surface area contributed by atoms with Gasteiger partial charge in [-0.3, -0.25) is 4.90 Å². The Morgan fingerprint density at radius 1 is 1.35 bits per heavy atom. The SMILES string of the molecule is Cc1ccnc(N2CCN(CC(C)C)CC2)c1C(N)=S. The van der Waals surface area contributed by atoms with E-state index in [-0.39, 0.29) is 0 Å². The third-order valence-electron chi connectivity index (χ3n) is 3.68. The van der Waals surface area contributed by atoms with Gasteiger partial charge in [0.1, 0.15) is 10.8 Å². The Morgan fingerprint density at radius 2 is 2.00 bits per heavy atom. The molecule has 2 rings (SSSR count). The normalized spacial score (nSPS) is 16.7. The van der Waals surface area contributed by atoms with Crippen LogP contribution in [0.2, 0.25) is 0 Å². The number of aryl methyl sites for hydroxylation is 1. The largest absolute Gasteiger partial charge is 0.389 e. The standard InChI is InChI=1S/C15H24N4S/c1-11(2)10-18-6-8-19(9-7-18)15-13(14(16)20)12(3)4-5-17-15/h4-5,11H,6-10H2,1-3H3,(H2,16,20). The van der Waals surface area contributed by atoms with Gasteiger partial charge in [0.15, 0.2) is 0 Å². The van der Waals surface area contributed by atoms with E-state index in [0.29, 0.717) is 10.9 Å². The van der Waals surface area contributed by atoms with Gasteiger partial charge >= 0.3 is 0 Å². The fourth-order valence-corrected chi connectivity index (χ4v) is 3.00. The molecular weight excluding hydrogens is 268 g/mol. The van der Waals surface area contributed by atoms with E-state index in [1.54, 1.807) is 0 Å². The second-order valence-electron chi connectivity index (χ2n) is 5.87. The van der Waals surface area contributed by atoms with E-state index < -0.39 is 0 Å². The van der Waals surface area contributed by atoms with Crippen molar-refractivity contribution in [3.63, 3.8) is 0 Å². The van der Waals surface area contributed by atoms with Gasteiger partial charge in [-0.2, -0.15) is 0 Å². The first-order valence-electron chi connectivity index (χ1n) is 7.21. The summed E-state index contributed by atoms with van der Waals surface area (Å²) in [5.74, 6) is 1.66. The Morgan fingerprint density at radius 3 is 2.55 bits per heavy atom. The van der Waals surface area contributed by atoms with Crippen LogP contribution in [0, 0.1) is 12.8 Å². The Balaban J connectivity index is 2.11. The topological polar surface area (TPSA) is 45.4 Å². The van der Waals surface area contributed by atoms with E-state index >= 15 is 0 Å². The number of hydrogen-bond acceptors (Lipinski definition) is 4. The molecule has 0 aromatic carbocycles. The maximum atomic E-state index is 5.87. The Labute approximate surface area is 127 Å². The van der Waals surface area contributed by atoms with Crippen LogP contribution < -0.4 is 10.6 Å². The molecular formula is C15H24N4S. The number of hydrogen-bond donors (Lipinski definition) is 1. The van der Waals surface area contributed by atoms with Crippen LogP contribution in [0.15, 0.2) is 12.3 Å². The lowest BCUT2D eigenvalue weighted by molar-refractivity contribution is 0.231. The molecule has 1 aromatic heterocycles. The molecule has 0 spiro atoms. The average Bonchev–Trinajstić information content (AvgIpc) is 2.38. The van der Waals surface area contributed by atoms with Gasteiger partial charge < -0.3 is 10.6 Å². The smallest absolute Gasteiger partial charge is 0.139 e. The average molecular weight is 292 g/mol. The van der Waals surface area contributed by atoms with Gasteiger partial charge in [0.2, 0.25) is 0 Å². The predicted molar refractivity (Wildman–Crippen MR) is 88.4 cm³/mol. The first-order chi connectivity index (χ1) is 9.49. The first kappa shape index (κ1) is 15.2. The van der Waals surface area contributed by atoms with Crippen molar-refractivity contribution in [3.05, 3.63) is 23.4 Å². The Hall–Kier alpha value is -1.20. The summed E-state index contributed by atoms with van der Waals surface area (Å²) in [6.45, 7) is 11.8. The van der Waals surface area contributed by atoms with E-state index in [1.165, 1.54) is 0 Å². The molecule has 0 amide bonds. The number of nitrogens with two attached hydrogens (primary N) is 1. The molecule has 0 radical (unpaired) electrons. The van der Waals surface area contributed by atoms with Crippen molar-refractivity contribution in [2.45, 2.75) is 20.8 Å². The van der Waals surface area contributed by atoms with Crippen molar-refractivity contribution in [1.82, 2.24) is 9.88 Å². The van der Waals surface area contributed by atoms with Crippen LogP contribution in [-0.4, -0.2) is 47.6 Å². The molecule has 1 fully saturated rings. The summed E-state index contributed by atoms with van der Waals surface area (Å²) in [7, 11) is 0. The molecule has 1 aliphatic rings. The van der Waals surface area contributed by atoms with Gasteiger partial charge in [-0.1, -0.05) is 26.1 Å². The third kappa shape index (κ3) is 3.46. The first-order valence-corrected chi connectivity index (χ1v) is 7.62. The van der Waals surface area contributed by atoms with E-state index in [2.05, 4.69) is 28.6 Å². The molecule has 1 aromatic rings. The maximum absolute atomic E-state index is 5.87. The van der Waals surface area contributed by atoms with Gasteiger partial charge in [0.05, 0.1) is 5.56 Å². The summed E-state index contributed by atoms with van der Waals surface area (Å²) in [6, 6.07) is 1.97. The quantitative estimate of drug-likeness (QED) is 0.858. The van der Waals surface area contributed by atoms with Gasteiger partial charge in [-0.05, 0) is 24.5 Å². The van der Waals surface area contributed by atoms with Crippen molar-refractivity contribution in [2.24, 2.45) is 11.7 Å². The van der Waals surface area contributed by atoms with Crippen molar-refractivity contribution >= 4 is 23.0 Å². The van der Waals surface area contributed by atoms with Crippen LogP contribution in [0.5, 0.6) is 0 Å². The molecule has 20 heavy (non-hydrogen) atoms. The molecule has 2 heterocycles. The molecule has 2 N–H and O–H groups in total. The minimum Gasteiger partial charge on any atom is -0.389 e. The maximum Gasteiger partial charge on any atom is 0.139 e. The fourth-order valence-electron chi connectivity index (χ4n) is 2.75. The summed E-state index contributed by atoms with van der Waals surface area (Å²) in [5, 5.41) is 0. The van der Waals surface area contributed by atoms with Gasteiger partial charge in [-0.25, -0.2) is 4.98 Å². The lowest BCUT2D eigenvalue weighted by Gasteiger charge is -2.37. The van der Waals surface area contributed by atoms with Gasteiger partial charge in [0, 0.05) is 38.9 Å². The second-order valence-corrected chi connectivity index (χ2v) is 6.31. The highest BCUT2D eigenvalue weighted by atomic mass is 32.1. The van der Waals surface area contributed by atoms with E-state index in [0.717, 1.165) is 49.7 Å². The van der Waals surface area contributed by atoms with Crippen molar-refractivity contribution in [1.29, 1.82) is 0 Å². The van der Waals surface area contributed by atoms with E-state index in [1.807, 2.05) is 19.2 Å². The van der Waals surface area contributed by atoms with Crippen LogP contribution in [0.3, 0.4) is 0 Å². The summed E-state index contributed by atoms with van der Waals surface area (Å²) < 4.78 is 0. The molecule has 4 nitrogen and oxygen atoms in total. The van der Waals surface area contributed by atoms with Crippen LogP contribution in [0.25, 0.3) is 0 Å². The highest BCUT2D eigenvalue weighted by Crippen LogP contribution is 2.22. The van der Waals surface area contributed by atoms with Gasteiger partial charge in [-0.15, -0.1) is 0 Å². The molecule has 0 bridgehead atoms. The number of pyridine rings is 1. The molecule has 1 aliphatic heterocycles. The molecule has 0 aliphatic carbocycles. The van der Waals surface area contributed by atoms with Crippen LogP contribution in [-0.2, 0) is 0 Å². The second kappa shape index (κ2) is 6.50. The minimum absolute atomic E-state index is 0.440. The van der Waals surface area contributed by atoms with Crippen LogP contribution in [0.4, 0.5) is 5.82 Å². The zero-order valence-corrected chi connectivity index (χ0v) is 13.4. The number of aromatic nitrogens is 1. The number of thiocarbonyl (C=S) groups is 1. The lowest BCUT2D eigenvalue weighted by atomic mass is 10.1. The number of anilines is 1. The van der Waals surface area contributed by atoms with Crippen LogP contribution >= 0.6 is 12.2 Å². The number of nitrogens with zero attached hydrogens (tertiary/aromatic N) is 3. The van der Waals surface area contributed by atoms with E-state index in [4.69, 9.17) is 18.0 Å². The van der Waals surface area contributed by atoms with Crippen molar-refractivity contribution in [3.8, 4) is 0 Å². The van der Waals surface area contributed by atoms with Crippen LogP contribution in [0.1, 0.15) is 25.0 Å². The summed E-state index contributed by atoms with van der Waals surface area (Å²) in [6.07, 6.45) is 1.84. The zero-order valence-electron chi connectivity index (χ0n) is 12.6. The number of piperazine rings is 1. The Bertz CT molecular complexity index is 479. The molecule has 5 heteroatoms. The lowest BCUT2D eigenvalue weighted by Crippen LogP contribution is -2.48. The highest BCUT2D eigenvalue weighted by molar-refractivity contribution is 7.80. The minimum atomic E-state index is 0.440. The molecule has 110 valence electrons. The zero-order chi connectivity index (χ0) is 14.7. The molecule has 0 unspecified atom stereocenters. The fraction of sp³-hybridized carbons (Fsp3) is 0.600. The highest BCUT2D eigenvalue weighted by Gasteiger charge is 2.22. The monoisotopic (exact) mass is 292 g/mol. The van der Waals surface area contributed by atoms with Crippen molar-refractivity contribution < 1.29 is 0 Å². The Kier molecular flexibility index (Phi) is 4.94. The summed E-state index contributed by atoms with van der Waals surface area (Å²) in [5.41, 5.74) is 7.90. The van der Waals surface area contributed by atoms with Crippen molar-refractivity contribution in [2.75, 3.05) is 37.6 Å². The predicted octanol–water partition coefficient (Wildman–Crippen LogP) is 1.80. The molecule has 0 saturated carbocycles. The van der Waals surface area contributed by atoms with Gasteiger partial charge in [0.25, 0.3) is 0 Å². The molecule has 0 atom stereocenters. The summed E-state index contributed by atoms with van der Waals surface area (Å²) >= 11 is 5.19. The van der Waals surface area contributed by atoms with E-state index in [9.17, 15) is 0 Å². The summed E-state index contributed by atoms with van der Waals surface area (Å²) in [4.78, 5) is 9.77. The molecule has 1 saturated heterocycles. The number of rotatable bonds is 4. The third-order valence-corrected chi connectivity index (χ3v) is 3.88.